The van der Waals surface area contributed by atoms with Crippen LogP contribution < -0.4 is 15.4 Å². The van der Waals surface area contributed by atoms with Crippen LogP contribution in [0, 0.1) is 0 Å². The van der Waals surface area contributed by atoms with Gasteiger partial charge in [-0.1, -0.05) is 30.3 Å². The van der Waals surface area contributed by atoms with Gasteiger partial charge in [-0.15, -0.1) is 10.2 Å². The number of nitrogens with zero attached hydrogens (tertiary/aromatic N) is 2. The van der Waals surface area contributed by atoms with Crippen molar-refractivity contribution in [1.82, 2.24) is 10.2 Å². The van der Waals surface area contributed by atoms with Crippen molar-refractivity contribution in [3.05, 3.63) is 77.5 Å². The minimum absolute atomic E-state index is 0.161. The summed E-state index contributed by atoms with van der Waals surface area (Å²) in [5.41, 5.74) is 3.47. The zero-order chi connectivity index (χ0) is 18.6. The van der Waals surface area contributed by atoms with Crippen LogP contribution in [-0.2, 0) is 6.42 Å². The third-order valence-corrected chi connectivity index (χ3v) is 4.70. The summed E-state index contributed by atoms with van der Waals surface area (Å²) >= 11 is 0. The van der Waals surface area contributed by atoms with Gasteiger partial charge in [0.1, 0.15) is 11.6 Å². The summed E-state index contributed by atoms with van der Waals surface area (Å²) in [5.74, 6) is 1.29. The number of para-hydroxylation sites is 1. The molecule has 2 aromatic carbocycles. The Morgan fingerprint density at radius 3 is 2.63 bits per heavy atom. The van der Waals surface area contributed by atoms with Gasteiger partial charge in [0.05, 0.1) is 13.2 Å². The van der Waals surface area contributed by atoms with Crippen LogP contribution in [0.5, 0.6) is 5.75 Å². The number of nitrogens with one attached hydrogen (secondary N) is 2. The standard InChI is InChI=1S/C21H20N4O2/c1-27-19-9-5-8-15-16(19)10-11-17(15)23-20-13-12-18(24-25-20)21(26)22-14-6-3-2-4-7-14/h2-9,12-13,17H,10-11H2,1H3,(H,22,26)(H,23,25). The lowest BCUT2D eigenvalue weighted by Gasteiger charge is -2.15. The van der Waals surface area contributed by atoms with E-state index in [0.717, 1.165) is 24.3 Å². The Bertz CT molecular complexity index is 942. The topological polar surface area (TPSA) is 76.1 Å². The Hall–Kier alpha value is -3.41. The molecule has 0 spiro atoms. The Morgan fingerprint density at radius 2 is 1.89 bits per heavy atom. The summed E-state index contributed by atoms with van der Waals surface area (Å²) in [6.07, 6.45) is 1.93. The van der Waals surface area contributed by atoms with Gasteiger partial charge in [0, 0.05) is 5.69 Å². The summed E-state index contributed by atoms with van der Waals surface area (Å²) in [5, 5.41) is 14.4. The number of carbonyl (C=O) groups is 1. The molecule has 0 saturated carbocycles. The molecule has 0 radical (unpaired) electrons. The molecule has 1 aliphatic carbocycles. The van der Waals surface area contributed by atoms with Gasteiger partial charge >= 0.3 is 0 Å². The van der Waals surface area contributed by atoms with E-state index in [0.29, 0.717) is 5.82 Å². The predicted molar refractivity (Wildman–Crippen MR) is 104 cm³/mol. The second-order valence-electron chi connectivity index (χ2n) is 6.39. The van der Waals surface area contributed by atoms with E-state index in [1.54, 1.807) is 19.2 Å². The van der Waals surface area contributed by atoms with Gasteiger partial charge in [-0.25, -0.2) is 0 Å². The predicted octanol–water partition coefficient (Wildman–Crippen LogP) is 3.84. The van der Waals surface area contributed by atoms with Crippen molar-refractivity contribution < 1.29 is 9.53 Å². The van der Waals surface area contributed by atoms with Crippen LogP contribution in [0.25, 0.3) is 0 Å². The van der Waals surface area contributed by atoms with Crippen LogP contribution in [0.15, 0.2) is 60.7 Å². The molecule has 0 bridgehead atoms. The molecule has 1 heterocycles. The third-order valence-electron chi connectivity index (χ3n) is 4.70. The number of anilines is 2. The maximum atomic E-state index is 12.3. The molecule has 1 aliphatic rings. The van der Waals surface area contributed by atoms with Gasteiger partial charge in [0.25, 0.3) is 5.91 Å². The number of aromatic nitrogens is 2. The van der Waals surface area contributed by atoms with E-state index >= 15 is 0 Å². The molecular weight excluding hydrogens is 340 g/mol. The quantitative estimate of drug-likeness (QED) is 0.723. The molecule has 0 aliphatic heterocycles. The van der Waals surface area contributed by atoms with Crippen molar-refractivity contribution >= 4 is 17.4 Å². The molecule has 1 amide bonds. The van der Waals surface area contributed by atoms with Crippen LogP contribution in [0.1, 0.15) is 34.1 Å². The largest absolute Gasteiger partial charge is 0.496 e. The van der Waals surface area contributed by atoms with Gasteiger partial charge < -0.3 is 15.4 Å². The fourth-order valence-electron chi connectivity index (χ4n) is 3.39. The van der Waals surface area contributed by atoms with Crippen molar-refractivity contribution in [3.8, 4) is 5.75 Å². The molecule has 136 valence electrons. The highest BCUT2D eigenvalue weighted by Gasteiger charge is 2.25. The lowest BCUT2D eigenvalue weighted by molar-refractivity contribution is 0.102. The van der Waals surface area contributed by atoms with E-state index in [4.69, 9.17) is 4.74 Å². The molecule has 27 heavy (non-hydrogen) atoms. The first-order chi connectivity index (χ1) is 13.2. The molecule has 6 heteroatoms. The van der Waals surface area contributed by atoms with Crippen LogP contribution in [0.4, 0.5) is 11.5 Å². The Labute approximate surface area is 157 Å². The first-order valence-corrected chi connectivity index (χ1v) is 8.87. The van der Waals surface area contributed by atoms with Gasteiger partial charge in [-0.05, 0) is 54.3 Å². The van der Waals surface area contributed by atoms with Crippen molar-refractivity contribution in [2.75, 3.05) is 17.7 Å². The van der Waals surface area contributed by atoms with Crippen LogP contribution >= 0.6 is 0 Å². The molecule has 4 rings (SSSR count). The van der Waals surface area contributed by atoms with E-state index < -0.39 is 0 Å². The molecule has 1 atom stereocenters. The summed E-state index contributed by atoms with van der Waals surface area (Å²) in [6, 6.07) is 19.0. The van der Waals surface area contributed by atoms with E-state index in [2.05, 4.69) is 26.9 Å². The lowest BCUT2D eigenvalue weighted by atomic mass is 10.1. The number of fused-ring (bicyclic) bond motifs is 1. The number of ether oxygens (including phenoxy) is 1. The fraction of sp³-hybridized carbons (Fsp3) is 0.190. The highest BCUT2D eigenvalue weighted by atomic mass is 16.5. The normalized spacial score (nSPS) is 15.1. The Morgan fingerprint density at radius 1 is 1.04 bits per heavy atom. The highest BCUT2D eigenvalue weighted by Crippen LogP contribution is 2.38. The first-order valence-electron chi connectivity index (χ1n) is 8.87. The van der Waals surface area contributed by atoms with Crippen molar-refractivity contribution in [1.29, 1.82) is 0 Å². The van der Waals surface area contributed by atoms with Gasteiger partial charge in [0.2, 0.25) is 0 Å². The molecule has 2 N–H and O–H groups in total. The zero-order valence-electron chi connectivity index (χ0n) is 15.0. The maximum absolute atomic E-state index is 12.3. The lowest BCUT2D eigenvalue weighted by Crippen LogP contribution is -2.15. The number of hydrogen-bond donors (Lipinski definition) is 2. The average Bonchev–Trinajstić information content (AvgIpc) is 3.12. The molecule has 0 fully saturated rings. The number of carbonyl (C=O) groups excluding carboxylic acids is 1. The number of hydrogen-bond acceptors (Lipinski definition) is 5. The second-order valence-corrected chi connectivity index (χ2v) is 6.39. The molecule has 1 aromatic heterocycles. The van der Waals surface area contributed by atoms with Crippen LogP contribution in [0.2, 0.25) is 0 Å². The molecule has 6 nitrogen and oxygen atoms in total. The molecular formula is C21H20N4O2. The number of benzene rings is 2. The summed E-state index contributed by atoms with van der Waals surface area (Å²) in [6.45, 7) is 0. The summed E-state index contributed by atoms with van der Waals surface area (Å²) < 4.78 is 5.45. The maximum Gasteiger partial charge on any atom is 0.276 e. The van der Waals surface area contributed by atoms with Gasteiger partial charge in [-0.3, -0.25) is 4.79 Å². The zero-order valence-corrected chi connectivity index (χ0v) is 15.0. The van der Waals surface area contributed by atoms with Crippen LogP contribution in [0.3, 0.4) is 0 Å². The van der Waals surface area contributed by atoms with Gasteiger partial charge in [-0.2, -0.15) is 0 Å². The van der Waals surface area contributed by atoms with Crippen molar-refractivity contribution in [2.45, 2.75) is 18.9 Å². The molecule has 0 saturated heterocycles. The second kappa shape index (κ2) is 7.45. The first kappa shape index (κ1) is 17.0. The fourth-order valence-corrected chi connectivity index (χ4v) is 3.39. The smallest absolute Gasteiger partial charge is 0.276 e. The average molecular weight is 360 g/mol. The SMILES string of the molecule is COc1cccc2c1CCC2Nc1ccc(C(=O)Nc2ccccc2)nn1. The van der Waals surface area contributed by atoms with Crippen LogP contribution in [-0.4, -0.2) is 23.2 Å². The molecule has 3 aromatic rings. The van der Waals surface area contributed by atoms with E-state index in [-0.39, 0.29) is 17.6 Å². The third kappa shape index (κ3) is 3.60. The highest BCUT2D eigenvalue weighted by molar-refractivity contribution is 6.02. The number of amides is 1. The number of methoxy groups -OCH3 is 1. The minimum atomic E-state index is -0.281. The summed E-state index contributed by atoms with van der Waals surface area (Å²) in [7, 11) is 1.70. The van der Waals surface area contributed by atoms with E-state index in [1.165, 1.54) is 11.1 Å². The minimum Gasteiger partial charge on any atom is -0.496 e. The molecule has 1 unspecified atom stereocenters. The summed E-state index contributed by atoms with van der Waals surface area (Å²) in [4.78, 5) is 12.3. The van der Waals surface area contributed by atoms with Gasteiger partial charge in [0.15, 0.2) is 5.69 Å². The van der Waals surface area contributed by atoms with E-state index in [1.807, 2.05) is 42.5 Å². The Balaban J connectivity index is 1.44. The monoisotopic (exact) mass is 360 g/mol. The van der Waals surface area contributed by atoms with Crippen molar-refractivity contribution in [3.63, 3.8) is 0 Å². The van der Waals surface area contributed by atoms with E-state index in [9.17, 15) is 4.79 Å². The Kier molecular flexibility index (Phi) is 4.70. The van der Waals surface area contributed by atoms with Crippen molar-refractivity contribution in [2.24, 2.45) is 0 Å². The number of rotatable bonds is 5.